The van der Waals surface area contributed by atoms with Crippen molar-refractivity contribution < 1.29 is 13.3 Å². The van der Waals surface area contributed by atoms with E-state index in [9.17, 15) is 13.3 Å². The van der Waals surface area contributed by atoms with Gasteiger partial charge in [0.1, 0.15) is 27.7 Å². The summed E-state index contributed by atoms with van der Waals surface area (Å²) in [6.07, 6.45) is 1.09. The highest BCUT2D eigenvalue weighted by atomic mass is 79.9. The Morgan fingerprint density at radius 1 is 1.35 bits per heavy atom. The van der Waals surface area contributed by atoms with Crippen molar-refractivity contribution in [2.75, 3.05) is 0 Å². The first-order valence-corrected chi connectivity index (χ1v) is 6.72. The van der Waals surface area contributed by atoms with Gasteiger partial charge in [0.05, 0.1) is 10.7 Å². The third-order valence-electron chi connectivity index (χ3n) is 1.83. The maximum Gasteiger partial charge on any atom is 0.146 e. The summed E-state index contributed by atoms with van der Waals surface area (Å²) in [7, 11) is 0. The molecule has 0 aliphatic carbocycles. The highest BCUT2D eigenvalue weighted by Crippen LogP contribution is 2.21. The average Bonchev–Trinajstić information content (AvgIpc) is 2.19. The first kappa shape index (κ1) is 14.6. The SMILES string of the molecule is CC(C)(C)[S+]([O-])/N=C/c1cc(F)cc(Br)c1F. The molecule has 0 saturated heterocycles. The van der Waals surface area contributed by atoms with E-state index in [0.29, 0.717) is 0 Å². The van der Waals surface area contributed by atoms with Gasteiger partial charge in [0.2, 0.25) is 0 Å². The van der Waals surface area contributed by atoms with Crippen molar-refractivity contribution in [1.29, 1.82) is 0 Å². The van der Waals surface area contributed by atoms with Gasteiger partial charge >= 0.3 is 0 Å². The lowest BCUT2D eigenvalue weighted by molar-refractivity contribution is 0.561. The summed E-state index contributed by atoms with van der Waals surface area (Å²) in [4.78, 5) is 0. The number of benzene rings is 1. The zero-order valence-corrected chi connectivity index (χ0v) is 12.0. The van der Waals surface area contributed by atoms with E-state index < -0.39 is 27.7 Å². The zero-order chi connectivity index (χ0) is 13.2. The van der Waals surface area contributed by atoms with Crippen LogP contribution in [0, 0.1) is 11.6 Å². The van der Waals surface area contributed by atoms with Crippen molar-refractivity contribution in [2.45, 2.75) is 25.5 Å². The number of hydrogen-bond acceptors (Lipinski definition) is 2. The van der Waals surface area contributed by atoms with Gasteiger partial charge in [0, 0.05) is 5.56 Å². The summed E-state index contributed by atoms with van der Waals surface area (Å²) in [5.41, 5.74) is -0.0329. The Kier molecular flexibility index (Phi) is 4.69. The number of rotatable bonds is 2. The summed E-state index contributed by atoms with van der Waals surface area (Å²) >= 11 is 1.40. The van der Waals surface area contributed by atoms with Gasteiger partial charge in [-0.25, -0.2) is 8.78 Å². The topological polar surface area (TPSA) is 35.4 Å². The molecule has 0 N–H and O–H groups in total. The summed E-state index contributed by atoms with van der Waals surface area (Å²) in [5, 5.41) is 0. The molecule has 0 radical (unpaired) electrons. The summed E-state index contributed by atoms with van der Waals surface area (Å²) < 4.78 is 41.4. The average molecular weight is 324 g/mol. The second kappa shape index (κ2) is 5.46. The maximum absolute atomic E-state index is 13.5. The lowest BCUT2D eigenvalue weighted by Crippen LogP contribution is -2.25. The Balaban J connectivity index is 3.00. The van der Waals surface area contributed by atoms with Crippen LogP contribution in [-0.4, -0.2) is 15.5 Å². The van der Waals surface area contributed by atoms with Crippen LogP contribution in [0.3, 0.4) is 0 Å². The lowest BCUT2D eigenvalue weighted by Gasteiger charge is -2.17. The predicted molar refractivity (Wildman–Crippen MR) is 69.5 cm³/mol. The molecule has 1 aromatic carbocycles. The minimum Gasteiger partial charge on any atom is -0.591 e. The normalized spacial score (nSPS) is 14.3. The quantitative estimate of drug-likeness (QED) is 0.465. The van der Waals surface area contributed by atoms with Gasteiger partial charge in [-0.1, -0.05) is 4.40 Å². The highest BCUT2D eigenvalue weighted by molar-refractivity contribution is 9.10. The Morgan fingerprint density at radius 3 is 2.47 bits per heavy atom. The van der Waals surface area contributed by atoms with Gasteiger partial charge < -0.3 is 4.55 Å². The lowest BCUT2D eigenvalue weighted by atomic mass is 10.2. The summed E-state index contributed by atoms with van der Waals surface area (Å²) in [5.74, 6) is -1.21. The fourth-order valence-electron chi connectivity index (χ4n) is 0.933. The standard InChI is InChI=1S/C11H12BrF2NOS/c1-11(2,3)17(16)15-6-7-4-8(13)5-9(12)10(7)14/h4-6H,1-3H3/b15-6+. The predicted octanol–water partition coefficient (Wildman–Crippen LogP) is 3.61. The van der Waals surface area contributed by atoms with Crippen molar-refractivity contribution >= 4 is 33.5 Å². The molecule has 0 fully saturated rings. The van der Waals surface area contributed by atoms with Gasteiger partial charge in [0.15, 0.2) is 0 Å². The van der Waals surface area contributed by atoms with E-state index >= 15 is 0 Å². The molecule has 0 bridgehead atoms. The molecule has 0 saturated carbocycles. The largest absolute Gasteiger partial charge is 0.591 e. The highest BCUT2D eigenvalue weighted by Gasteiger charge is 2.26. The van der Waals surface area contributed by atoms with Gasteiger partial charge in [-0.3, -0.25) is 0 Å². The van der Waals surface area contributed by atoms with Crippen LogP contribution in [0.4, 0.5) is 8.78 Å². The molecule has 0 aromatic heterocycles. The molecular weight excluding hydrogens is 312 g/mol. The van der Waals surface area contributed by atoms with Crippen LogP contribution in [-0.2, 0) is 11.4 Å². The van der Waals surface area contributed by atoms with E-state index in [1.165, 1.54) is 0 Å². The van der Waals surface area contributed by atoms with Crippen molar-refractivity contribution in [3.05, 3.63) is 33.8 Å². The van der Waals surface area contributed by atoms with Crippen LogP contribution in [0.5, 0.6) is 0 Å². The van der Waals surface area contributed by atoms with Gasteiger partial charge in [-0.05, 0) is 48.8 Å². The molecule has 1 rings (SSSR count). The molecule has 1 atom stereocenters. The molecular formula is C11H12BrF2NOS. The molecule has 2 nitrogen and oxygen atoms in total. The van der Waals surface area contributed by atoms with Crippen LogP contribution in [0.25, 0.3) is 0 Å². The number of nitrogens with zero attached hydrogens (tertiary/aromatic N) is 1. The zero-order valence-electron chi connectivity index (χ0n) is 9.63. The minimum atomic E-state index is -1.49. The van der Waals surface area contributed by atoms with E-state index in [1.807, 2.05) is 0 Å². The Bertz CT molecular complexity index is 446. The molecule has 17 heavy (non-hydrogen) atoms. The van der Waals surface area contributed by atoms with E-state index in [2.05, 4.69) is 20.3 Å². The summed E-state index contributed by atoms with van der Waals surface area (Å²) in [6.45, 7) is 5.24. The van der Waals surface area contributed by atoms with Crippen molar-refractivity contribution in [3.63, 3.8) is 0 Å². The Labute approximate surface area is 111 Å². The second-order valence-corrected chi connectivity index (χ2v) is 7.18. The van der Waals surface area contributed by atoms with Gasteiger partial charge in [0.25, 0.3) is 0 Å². The monoisotopic (exact) mass is 323 g/mol. The first-order valence-electron chi connectivity index (χ1n) is 4.82. The minimum absolute atomic E-state index is 0.0143. The number of halogens is 3. The van der Waals surface area contributed by atoms with Crippen LogP contribution < -0.4 is 0 Å². The van der Waals surface area contributed by atoms with Crippen LogP contribution in [0.1, 0.15) is 26.3 Å². The smallest absolute Gasteiger partial charge is 0.146 e. The molecule has 0 aliphatic heterocycles. The maximum atomic E-state index is 13.5. The van der Waals surface area contributed by atoms with E-state index in [4.69, 9.17) is 0 Å². The Hall–Kier alpha value is -0.460. The van der Waals surface area contributed by atoms with E-state index in [1.54, 1.807) is 20.8 Å². The van der Waals surface area contributed by atoms with Crippen molar-refractivity contribution in [3.8, 4) is 0 Å². The van der Waals surface area contributed by atoms with Crippen molar-refractivity contribution in [2.24, 2.45) is 4.40 Å². The molecule has 0 heterocycles. The first-order chi connectivity index (χ1) is 7.71. The van der Waals surface area contributed by atoms with Gasteiger partial charge in [-0.15, -0.1) is 0 Å². The fourth-order valence-corrected chi connectivity index (χ4v) is 1.91. The molecule has 1 unspecified atom stereocenters. The molecule has 1 aromatic rings. The molecule has 0 aliphatic rings. The van der Waals surface area contributed by atoms with E-state index in [-0.39, 0.29) is 10.0 Å². The molecule has 0 amide bonds. The molecule has 6 heteroatoms. The van der Waals surface area contributed by atoms with Gasteiger partial charge in [-0.2, -0.15) is 0 Å². The summed E-state index contributed by atoms with van der Waals surface area (Å²) in [6, 6.07) is 2.02. The van der Waals surface area contributed by atoms with Crippen LogP contribution in [0.15, 0.2) is 21.0 Å². The molecule has 94 valence electrons. The van der Waals surface area contributed by atoms with Crippen LogP contribution in [0.2, 0.25) is 0 Å². The third-order valence-corrected chi connectivity index (χ3v) is 3.75. The number of hydrogen-bond donors (Lipinski definition) is 0. The van der Waals surface area contributed by atoms with Crippen molar-refractivity contribution in [1.82, 2.24) is 0 Å². The molecule has 0 spiro atoms. The Morgan fingerprint density at radius 2 is 1.94 bits per heavy atom. The van der Waals surface area contributed by atoms with E-state index in [0.717, 1.165) is 18.3 Å². The van der Waals surface area contributed by atoms with Crippen LogP contribution >= 0.6 is 15.9 Å². The third kappa shape index (κ3) is 4.04. The fraction of sp³-hybridized carbons (Fsp3) is 0.364. The second-order valence-electron chi connectivity index (χ2n) is 4.39.